The van der Waals surface area contributed by atoms with Crippen molar-refractivity contribution in [2.24, 2.45) is 13.0 Å². The first-order valence-electron chi connectivity index (χ1n) is 8.19. The Morgan fingerprint density at radius 2 is 2.00 bits per heavy atom. The van der Waals surface area contributed by atoms with Crippen LogP contribution in [-0.2, 0) is 12.5 Å². The van der Waals surface area contributed by atoms with Crippen LogP contribution in [0.25, 0.3) is 0 Å². The standard InChI is InChI=1S/C17H24N6O/c1-17(2,3)13-5-6-14(21-20-13)23-10-12(11-23)9-19-15-16(24)22(4)8-7-18-15/h5-8,12H,9-11H2,1-4H3,(H,18,19). The largest absolute Gasteiger partial charge is 0.365 e. The van der Waals surface area contributed by atoms with E-state index >= 15 is 0 Å². The summed E-state index contributed by atoms with van der Waals surface area (Å²) >= 11 is 0. The minimum Gasteiger partial charge on any atom is -0.365 e. The lowest BCUT2D eigenvalue weighted by Gasteiger charge is -2.40. The summed E-state index contributed by atoms with van der Waals surface area (Å²) in [5.41, 5.74) is 0.912. The molecule has 2 aromatic rings. The van der Waals surface area contributed by atoms with Gasteiger partial charge < -0.3 is 14.8 Å². The molecule has 1 aliphatic rings. The summed E-state index contributed by atoms with van der Waals surface area (Å²) in [7, 11) is 1.72. The van der Waals surface area contributed by atoms with E-state index in [1.165, 1.54) is 4.57 Å². The third-order valence-electron chi connectivity index (χ3n) is 4.28. The van der Waals surface area contributed by atoms with Gasteiger partial charge in [0.25, 0.3) is 5.56 Å². The Kier molecular flexibility index (Phi) is 4.26. The third-order valence-corrected chi connectivity index (χ3v) is 4.28. The van der Waals surface area contributed by atoms with Gasteiger partial charge in [0.15, 0.2) is 11.6 Å². The minimum absolute atomic E-state index is 0.0157. The molecule has 2 aromatic heterocycles. The monoisotopic (exact) mass is 328 g/mol. The third kappa shape index (κ3) is 3.39. The number of hydrogen-bond acceptors (Lipinski definition) is 6. The maximum Gasteiger partial charge on any atom is 0.293 e. The van der Waals surface area contributed by atoms with Gasteiger partial charge in [0.05, 0.1) is 5.69 Å². The van der Waals surface area contributed by atoms with Gasteiger partial charge in [0, 0.05) is 50.4 Å². The number of anilines is 2. The second-order valence-electron chi connectivity index (χ2n) is 7.37. The number of nitrogens with one attached hydrogen (secondary N) is 1. The van der Waals surface area contributed by atoms with Gasteiger partial charge >= 0.3 is 0 Å². The molecule has 0 aliphatic carbocycles. The highest BCUT2D eigenvalue weighted by Crippen LogP contribution is 2.25. The molecule has 0 atom stereocenters. The highest BCUT2D eigenvalue weighted by Gasteiger charge is 2.28. The van der Waals surface area contributed by atoms with Crippen molar-refractivity contribution in [1.82, 2.24) is 19.7 Å². The summed E-state index contributed by atoms with van der Waals surface area (Å²) in [4.78, 5) is 18.2. The Hall–Kier alpha value is -2.44. The summed E-state index contributed by atoms with van der Waals surface area (Å²) < 4.78 is 1.52. The first-order valence-corrected chi connectivity index (χ1v) is 8.19. The fourth-order valence-electron chi connectivity index (χ4n) is 2.64. The summed E-state index contributed by atoms with van der Waals surface area (Å²) in [5.74, 6) is 1.79. The summed E-state index contributed by atoms with van der Waals surface area (Å²) in [5, 5.41) is 11.8. The molecule has 0 radical (unpaired) electrons. The van der Waals surface area contributed by atoms with Crippen LogP contribution in [-0.4, -0.2) is 39.4 Å². The second-order valence-corrected chi connectivity index (χ2v) is 7.37. The van der Waals surface area contributed by atoms with Gasteiger partial charge in [-0.3, -0.25) is 4.79 Å². The summed E-state index contributed by atoms with van der Waals surface area (Å²) in [6.07, 6.45) is 3.28. The van der Waals surface area contributed by atoms with E-state index in [1.54, 1.807) is 19.4 Å². The average molecular weight is 328 g/mol. The molecule has 0 saturated carbocycles. The smallest absolute Gasteiger partial charge is 0.293 e. The lowest BCUT2D eigenvalue weighted by Crippen LogP contribution is -2.50. The van der Waals surface area contributed by atoms with Crippen LogP contribution in [0.4, 0.5) is 11.6 Å². The maximum absolute atomic E-state index is 11.9. The van der Waals surface area contributed by atoms with Crippen molar-refractivity contribution in [3.8, 4) is 0 Å². The van der Waals surface area contributed by atoms with Crippen LogP contribution in [0.1, 0.15) is 26.5 Å². The normalized spacial score (nSPS) is 15.2. The molecule has 128 valence electrons. The molecule has 0 spiro atoms. The van der Waals surface area contributed by atoms with Gasteiger partial charge in [0.2, 0.25) is 0 Å². The zero-order valence-corrected chi connectivity index (χ0v) is 14.7. The van der Waals surface area contributed by atoms with Gasteiger partial charge in [0.1, 0.15) is 0 Å². The highest BCUT2D eigenvalue weighted by molar-refractivity contribution is 5.42. The average Bonchev–Trinajstić information content (AvgIpc) is 2.49. The molecule has 0 amide bonds. The molecule has 0 aromatic carbocycles. The Balaban J connectivity index is 1.52. The number of aromatic nitrogens is 4. The van der Waals surface area contributed by atoms with Crippen molar-refractivity contribution in [1.29, 1.82) is 0 Å². The van der Waals surface area contributed by atoms with Crippen molar-refractivity contribution in [2.75, 3.05) is 29.9 Å². The molecule has 24 heavy (non-hydrogen) atoms. The van der Waals surface area contributed by atoms with Crippen LogP contribution >= 0.6 is 0 Å². The fraction of sp³-hybridized carbons (Fsp3) is 0.529. The highest BCUT2D eigenvalue weighted by atomic mass is 16.1. The van der Waals surface area contributed by atoms with Crippen molar-refractivity contribution >= 4 is 11.6 Å². The summed E-state index contributed by atoms with van der Waals surface area (Å²) in [6, 6.07) is 4.08. The van der Waals surface area contributed by atoms with E-state index in [2.05, 4.69) is 46.2 Å². The Morgan fingerprint density at radius 3 is 2.62 bits per heavy atom. The Morgan fingerprint density at radius 1 is 1.25 bits per heavy atom. The van der Waals surface area contributed by atoms with Gasteiger partial charge in [-0.1, -0.05) is 20.8 Å². The minimum atomic E-state index is -0.0997. The van der Waals surface area contributed by atoms with Crippen LogP contribution in [0.15, 0.2) is 29.3 Å². The fourth-order valence-corrected chi connectivity index (χ4v) is 2.64. The van der Waals surface area contributed by atoms with Gasteiger partial charge in [-0.2, -0.15) is 5.10 Å². The molecule has 1 fully saturated rings. The quantitative estimate of drug-likeness (QED) is 0.915. The van der Waals surface area contributed by atoms with Crippen LogP contribution in [0.2, 0.25) is 0 Å². The van der Waals surface area contributed by atoms with E-state index in [0.717, 1.165) is 31.1 Å². The number of aryl methyl sites for hydroxylation is 1. The van der Waals surface area contributed by atoms with Crippen LogP contribution < -0.4 is 15.8 Å². The van der Waals surface area contributed by atoms with E-state index in [0.29, 0.717) is 11.7 Å². The predicted octanol–water partition coefficient (Wildman–Crippen LogP) is 1.42. The number of rotatable bonds is 4. The number of nitrogens with zero attached hydrogens (tertiary/aromatic N) is 5. The van der Waals surface area contributed by atoms with E-state index in [1.807, 2.05) is 12.1 Å². The lowest BCUT2D eigenvalue weighted by atomic mass is 9.92. The molecule has 3 rings (SSSR count). The lowest BCUT2D eigenvalue weighted by molar-refractivity contribution is 0.424. The predicted molar refractivity (Wildman–Crippen MR) is 94.4 cm³/mol. The van der Waals surface area contributed by atoms with Gasteiger partial charge in [-0.25, -0.2) is 4.98 Å². The second kappa shape index (κ2) is 6.22. The first kappa shape index (κ1) is 16.4. The van der Waals surface area contributed by atoms with E-state index in [-0.39, 0.29) is 11.0 Å². The SMILES string of the molecule is Cn1ccnc(NCC2CN(c3ccc(C(C)(C)C)nn3)C2)c1=O. The van der Waals surface area contributed by atoms with Crippen molar-refractivity contribution in [2.45, 2.75) is 26.2 Å². The van der Waals surface area contributed by atoms with Gasteiger partial charge in [-0.05, 0) is 12.1 Å². The molecular formula is C17H24N6O. The molecule has 0 unspecified atom stereocenters. The van der Waals surface area contributed by atoms with Crippen LogP contribution in [0.3, 0.4) is 0 Å². The molecule has 7 heteroatoms. The maximum atomic E-state index is 11.9. The summed E-state index contributed by atoms with van der Waals surface area (Å²) in [6.45, 7) is 8.93. The van der Waals surface area contributed by atoms with Gasteiger partial charge in [-0.15, -0.1) is 5.10 Å². The van der Waals surface area contributed by atoms with Crippen LogP contribution in [0, 0.1) is 5.92 Å². The Labute approximate surface area is 141 Å². The molecular weight excluding hydrogens is 304 g/mol. The molecule has 1 saturated heterocycles. The van der Waals surface area contributed by atoms with Crippen molar-refractivity contribution in [3.05, 3.63) is 40.6 Å². The van der Waals surface area contributed by atoms with E-state index in [4.69, 9.17) is 0 Å². The van der Waals surface area contributed by atoms with Crippen molar-refractivity contribution in [3.63, 3.8) is 0 Å². The molecule has 7 nitrogen and oxygen atoms in total. The molecule has 3 heterocycles. The topological polar surface area (TPSA) is 75.9 Å². The molecule has 1 aliphatic heterocycles. The van der Waals surface area contributed by atoms with E-state index < -0.39 is 0 Å². The Bertz CT molecular complexity index is 756. The number of hydrogen-bond donors (Lipinski definition) is 1. The zero-order valence-electron chi connectivity index (χ0n) is 14.7. The molecule has 0 bridgehead atoms. The van der Waals surface area contributed by atoms with Crippen molar-refractivity contribution < 1.29 is 0 Å². The zero-order chi connectivity index (χ0) is 17.3. The first-order chi connectivity index (χ1) is 11.3. The van der Waals surface area contributed by atoms with Crippen LogP contribution in [0.5, 0.6) is 0 Å². The van der Waals surface area contributed by atoms with E-state index in [9.17, 15) is 4.79 Å². The molecule has 1 N–H and O–H groups in total.